The second-order valence-corrected chi connectivity index (χ2v) is 3.01. The maximum absolute atomic E-state index is 8.94. The number of aliphatic hydroxyl groups excluding tert-OH is 1. The van der Waals surface area contributed by atoms with Gasteiger partial charge in [-0.05, 0) is 17.7 Å². The summed E-state index contributed by atoms with van der Waals surface area (Å²) in [4.78, 5) is 0. The van der Waals surface area contributed by atoms with Crippen molar-refractivity contribution < 1.29 is 5.11 Å². The van der Waals surface area contributed by atoms with Crippen molar-refractivity contribution in [2.24, 2.45) is 0 Å². The standard InChI is InChI=1S/C10H11ClO/c1-2-8(7-12)9-3-5-10(11)6-4-9/h2-6,8,12H,1,7H2/t8-/m0/s1. The molecule has 0 bridgehead atoms. The van der Waals surface area contributed by atoms with Gasteiger partial charge in [-0.15, -0.1) is 6.58 Å². The van der Waals surface area contributed by atoms with E-state index in [9.17, 15) is 0 Å². The van der Waals surface area contributed by atoms with Crippen molar-refractivity contribution in [2.75, 3.05) is 6.61 Å². The zero-order valence-corrected chi connectivity index (χ0v) is 7.46. The minimum absolute atomic E-state index is 0.0160. The van der Waals surface area contributed by atoms with Crippen LogP contribution in [0, 0.1) is 0 Å². The Morgan fingerprint density at radius 1 is 1.42 bits per heavy atom. The summed E-state index contributed by atoms with van der Waals surface area (Å²) in [6, 6.07) is 7.40. The van der Waals surface area contributed by atoms with E-state index >= 15 is 0 Å². The van der Waals surface area contributed by atoms with Gasteiger partial charge >= 0.3 is 0 Å². The van der Waals surface area contributed by atoms with Gasteiger partial charge in [-0.3, -0.25) is 0 Å². The summed E-state index contributed by atoms with van der Waals surface area (Å²) in [6.45, 7) is 3.73. The molecule has 0 aliphatic carbocycles. The molecule has 0 fully saturated rings. The van der Waals surface area contributed by atoms with Crippen molar-refractivity contribution >= 4 is 11.6 Å². The Balaban J connectivity index is 2.87. The molecule has 0 amide bonds. The Labute approximate surface area is 77.3 Å². The highest BCUT2D eigenvalue weighted by atomic mass is 35.5. The monoisotopic (exact) mass is 182 g/mol. The molecule has 0 radical (unpaired) electrons. The lowest BCUT2D eigenvalue weighted by molar-refractivity contribution is 0.283. The highest BCUT2D eigenvalue weighted by molar-refractivity contribution is 6.30. The molecule has 0 heterocycles. The third-order valence-electron chi connectivity index (χ3n) is 1.78. The summed E-state index contributed by atoms with van der Waals surface area (Å²) < 4.78 is 0. The van der Waals surface area contributed by atoms with Crippen molar-refractivity contribution in [1.82, 2.24) is 0 Å². The fourth-order valence-electron chi connectivity index (χ4n) is 1.03. The van der Waals surface area contributed by atoms with Crippen LogP contribution in [0.25, 0.3) is 0 Å². The molecule has 0 aliphatic heterocycles. The zero-order chi connectivity index (χ0) is 8.97. The van der Waals surface area contributed by atoms with Crippen LogP contribution in [0.4, 0.5) is 0 Å². The third-order valence-corrected chi connectivity index (χ3v) is 2.03. The molecule has 1 aromatic carbocycles. The summed E-state index contributed by atoms with van der Waals surface area (Å²) >= 11 is 5.71. The maximum atomic E-state index is 8.94. The van der Waals surface area contributed by atoms with Crippen molar-refractivity contribution in [3.8, 4) is 0 Å². The highest BCUT2D eigenvalue weighted by Gasteiger charge is 2.04. The van der Waals surface area contributed by atoms with Crippen LogP contribution in [-0.4, -0.2) is 11.7 Å². The lowest BCUT2D eigenvalue weighted by Gasteiger charge is -2.08. The van der Waals surface area contributed by atoms with Crippen LogP contribution in [-0.2, 0) is 0 Å². The number of aliphatic hydroxyl groups is 1. The SMILES string of the molecule is C=C[C@@H](CO)c1ccc(Cl)cc1. The average molecular weight is 183 g/mol. The van der Waals surface area contributed by atoms with E-state index in [1.807, 2.05) is 24.3 Å². The van der Waals surface area contributed by atoms with E-state index in [4.69, 9.17) is 16.7 Å². The maximum Gasteiger partial charge on any atom is 0.0534 e. The molecule has 0 spiro atoms. The van der Waals surface area contributed by atoms with Gasteiger partial charge in [0.05, 0.1) is 6.61 Å². The minimum atomic E-state index is 0.0160. The van der Waals surface area contributed by atoms with E-state index in [2.05, 4.69) is 6.58 Å². The van der Waals surface area contributed by atoms with Crippen LogP contribution in [0.15, 0.2) is 36.9 Å². The third kappa shape index (κ3) is 2.10. The molecular formula is C10H11ClO. The molecule has 0 unspecified atom stereocenters. The molecular weight excluding hydrogens is 172 g/mol. The summed E-state index contributed by atoms with van der Waals surface area (Å²) in [5.74, 6) is 0.0160. The predicted molar refractivity (Wildman–Crippen MR) is 51.5 cm³/mol. The second-order valence-electron chi connectivity index (χ2n) is 2.58. The summed E-state index contributed by atoms with van der Waals surface area (Å²) in [7, 11) is 0. The van der Waals surface area contributed by atoms with Crippen LogP contribution < -0.4 is 0 Å². The first-order valence-electron chi connectivity index (χ1n) is 3.77. The van der Waals surface area contributed by atoms with Crippen molar-refractivity contribution in [3.63, 3.8) is 0 Å². The molecule has 1 nitrogen and oxygen atoms in total. The number of rotatable bonds is 3. The Bertz CT molecular complexity index is 253. The molecule has 2 heteroatoms. The van der Waals surface area contributed by atoms with E-state index in [0.29, 0.717) is 5.02 Å². The van der Waals surface area contributed by atoms with E-state index < -0.39 is 0 Å². The zero-order valence-electron chi connectivity index (χ0n) is 6.70. The molecule has 12 heavy (non-hydrogen) atoms. The van der Waals surface area contributed by atoms with E-state index in [1.165, 1.54) is 0 Å². The van der Waals surface area contributed by atoms with Gasteiger partial charge in [0.15, 0.2) is 0 Å². The lowest BCUT2D eigenvalue weighted by Crippen LogP contribution is -1.99. The highest BCUT2D eigenvalue weighted by Crippen LogP contribution is 2.18. The molecule has 64 valence electrons. The van der Waals surface area contributed by atoms with Gasteiger partial charge in [0.2, 0.25) is 0 Å². The van der Waals surface area contributed by atoms with Crippen LogP contribution in [0.3, 0.4) is 0 Å². The van der Waals surface area contributed by atoms with Gasteiger partial charge in [-0.25, -0.2) is 0 Å². The van der Waals surface area contributed by atoms with Gasteiger partial charge in [-0.1, -0.05) is 29.8 Å². The molecule has 0 saturated heterocycles. The first-order valence-corrected chi connectivity index (χ1v) is 4.14. The molecule has 0 saturated carbocycles. The topological polar surface area (TPSA) is 20.2 Å². The number of halogens is 1. The Morgan fingerprint density at radius 3 is 2.42 bits per heavy atom. The fraction of sp³-hybridized carbons (Fsp3) is 0.200. The predicted octanol–water partition coefficient (Wildman–Crippen LogP) is 2.60. The average Bonchev–Trinajstić information content (AvgIpc) is 2.10. The van der Waals surface area contributed by atoms with Crippen LogP contribution in [0.5, 0.6) is 0 Å². The van der Waals surface area contributed by atoms with Gasteiger partial charge in [-0.2, -0.15) is 0 Å². The quantitative estimate of drug-likeness (QED) is 0.713. The van der Waals surface area contributed by atoms with Crippen LogP contribution >= 0.6 is 11.6 Å². The van der Waals surface area contributed by atoms with Crippen molar-refractivity contribution in [2.45, 2.75) is 5.92 Å². The Kier molecular flexibility index (Phi) is 3.32. The number of hydrogen-bond donors (Lipinski definition) is 1. The fourth-order valence-corrected chi connectivity index (χ4v) is 1.15. The molecule has 1 atom stereocenters. The van der Waals surface area contributed by atoms with E-state index in [0.717, 1.165) is 5.56 Å². The number of benzene rings is 1. The molecule has 1 rings (SSSR count). The van der Waals surface area contributed by atoms with Gasteiger partial charge in [0.25, 0.3) is 0 Å². The van der Waals surface area contributed by atoms with Crippen LogP contribution in [0.1, 0.15) is 11.5 Å². The van der Waals surface area contributed by atoms with E-state index in [1.54, 1.807) is 6.08 Å². The van der Waals surface area contributed by atoms with E-state index in [-0.39, 0.29) is 12.5 Å². The Morgan fingerprint density at radius 2 is 2.00 bits per heavy atom. The lowest BCUT2D eigenvalue weighted by atomic mass is 10.0. The largest absolute Gasteiger partial charge is 0.395 e. The second kappa shape index (κ2) is 4.29. The minimum Gasteiger partial charge on any atom is -0.395 e. The number of hydrogen-bond acceptors (Lipinski definition) is 1. The van der Waals surface area contributed by atoms with Crippen LogP contribution in [0.2, 0.25) is 5.02 Å². The molecule has 1 N–H and O–H groups in total. The normalized spacial score (nSPS) is 12.5. The Hall–Kier alpha value is -0.790. The summed E-state index contributed by atoms with van der Waals surface area (Å²) in [5, 5.41) is 9.65. The van der Waals surface area contributed by atoms with Gasteiger partial charge < -0.3 is 5.11 Å². The first-order chi connectivity index (χ1) is 5.77. The van der Waals surface area contributed by atoms with Crippen molar-refractivity contribution in [3.05, 3.63) is 47.5 Å². The van der Waals surface area contributed by atoms with Gasteiger partial charge in [0.1, 0.15) is 0 Å². The van der Waals surface area contributed by atoms with Crippen molar-refractivity contribution in [1.29, 1.82) is 0 Å². The molecule has 1 aromatic rings. The first kappa shape index (κ1) is 9.30. The van der Waals surface area contributed by atoms with Gasteiger partial charge in [0, 0.05) is 10.9 Å². The summed E-state index contributed by atoms with van der Waals surface area (Å²) in [5.41, 5.74) is 1.04. The smallest absolute Gasteiger partial charge is 0.0534 e. The summed E-state index contributed by atoms with van der Waals surface area (Å²) in [6.07, 6.45) is 1.73. The molecule has 0 aromatic heterocycles. The molecule has 0 aliphatic rings.